The molecule has 0 aliphatic rings. The van der Waals surface area contributed by atoms with Crippen molar-refractivity contribution >= 4 is 22.6 Å². The number of rotatable bonds is 5. The number of anilines is 1. The lowest BCUT2D eigenvalue weighted by Crippen LogP contribution is -2.21. The quantitative estimate of drug-likeness (QED) is 0.789. The second-order valence-corrected chi connectivity index (χ2v) is 4.75. The van der Waals surface area contributed by atoms with Gasteiger partial charge in [-0.15, -0.1) is 0 Å². The summed E-state index contributed by atoms with van der Waals surface area (Å²) < 4.78 is 4.63. The van der Waals surface area contributed by atoms with E-state index in [0.717, 1.165) is 16.6 Å². The number of carbonyl (C=O) groups is 1. The van der Waals surface area contributed by atoms with Crippen LogP contribution in [0.15, 0.2) is 30.5 Å². The molecule has 108 valence electrons. The summed E-state index contributed by atoms with van der Waals surface area (Å²) in [4.78, 5) is 17.4. The second-order valence-electron chi connectivity index (χ2n) is 4.75. The van der Waals surface area contributed by atoms with Crippen LogP contribution in [-0.2, 0) is 9.53 Å². The summed E-state index contributed by atoms with van der Waals surface area (Å²) in [6.07, 6.45) is 2.63. The number of para-hydroxylation sites is 1. The van der Waals surface area contributed by atoms with E-state index >= 15 is 0 Å². The van der Waals surface area contributed by atoms with Crippen molar-refractivity contribution in [3.8, 4) is 6.07 Å². The van der Waals surface area contributed by atoms with Gasteiger partial charge in [-0.3, -0.25) is 9.78 Å². The van der Waals surface area contributed by atoms with Crippen molar-refractivity contribution in [2.75, 3.05) is 25.6 Å². The largest absolute Gasteiger partial charge is 0.469 e. The Kier molecular flexibility index (Phi) is 4.72. The lowest BCUT2D eigenvalue weighted by Gasteiger charge is -2.22. The highest BCUT2D eigenvalue weighted by atomic mass is 16.5. The number of aromatic nitrogens is 1. The van der Waals surface area contributed by atoms with Crippen LogP contribution in [0.2, 0.25) is 0 Å². The molecule has 1 aromatic heterocycles. The lowest BCUT2D eigenvalue weighted by atomic mass is 10.1. The number of pyridine rings is 1. The minimum atomic E-state index is -0.219. The number of nitriles is 1. The number of ether oxygens (including phenoxy) is 1. The molecule has 0 aliphatic heterocycles. The Morgan fingerprint density at radius 1 is 1.43 bits per heavy atom. The molecule has 2 rings (SSSR count). The van der Waals surface area contributed by atoms with Crippen LogP contribution in [0.1, 0.15) is 18.4 Å². The van der Waals surface area contributed by atoms with Gasteiger partial charge in [0, 0.05) is 31.6 Å². The summed E-state index contributed by atoms with van der Waals surface area (Å²) in [5, 5.41) is 10.2. The van der Waals surface area contributed by atoms with Crippen LogP contribution in [0.25, 0.3) is 10.9 Å². The topological polar surface area (TPSA) is 66.2 Å². The first kappa shape index (κ1) is 14.8. The van der Waals surface area contributed by atoms with Crippen molar-refractivity contribution in [3.05, 3.63) is 36.0 Å². The Morgan fingerprint density at radius 3 is 2.90 bits per heavy atom. The van der Waals surface area contributed by atoms with Gasteiger partial charge in [0.25, 0.3) is 0 Å². The molecule has 5 nitrogen and oxygen atoms in total. The summed E-state index contributed by atoms with van der Waals surface area (Å²) in [6, 6.07) is 9.90. The molecular formula is C16H17N3O2. The number of benzene rings is 1. The smallest absolute Gasteiger partial charge is 0.305 e. The van der Waals surface area contributed by atoms with Gasteiger partial charge in [0.1, 0.15) is 6.07 Å². The second kappa shape index (κ2) is 6.71. The molecule has 0 unspecified atom stereocenters. The van der Waals surface area contributed by atoms with Crippen molar-refractivity contribution in [1.29, 1.82) is 5.26 Å². The van der Waals surface area contributed by atoms with Crippen molar-refractivity contribution in [3.63, 3.8) is 0 Å². The maximum Gasteiger partial charge on any atom is 0.305 e. The fourth-order valence-corrected chi connectivity index (χ4v) is 2.29. The molecule has 0 fully saturated rings. The molecule has 21 heavy (non-hydrogen) atoms. The van der Waals surface area contributed by atoms with Gasteiger partial charge in [-0.05, 0) is 12.5 Å². The minimum Gasteiger partial charge on any atom is -0.469 e. The molecule has 1 aromatic carbocycles. The summed E-state index contributed by atoms with van der Waals surface area (Å²) in [6.45, 7) is 0.664. The third kappa shape index (κ3) is 3.29. The SMILES string of the molecule is COC(=O)CCCN(C)c1c(C#N)cnc2ccccc12. The molecule has 0 atom stereocenters. The highest BCUT2D eigenvalue weighted by Crippen LogP contribution is 2.28. The molecular weight excluding hydrogens is 266 g/mol. The van der Waals surface area contributed by atoms with E-state index in [2.05, 4.69) is 15.8 Å². The molecule has 5 heteroatoms. The monoisotopic (exact) mass is 283 g/mol. The third-order valence-corrected chi connectivity index (χ3v) is 3.35. The van der Waals surface area contributed by atoms with Crippen LogP contribution in [0, 0.1) is 11.3 Å². The first-order chi connectivity index (χ1) is 10.2. The van der Waals surface area contributed by atoms with Gasteiger partial charge in [-0.25, -0.2) is 0 Å². The Morgan fingerprint density at radius 2 is 2.19 bits per heavy atom. The van der Waals surface area contributed by atoms with Gasteiger partial charge < -0.3 is 9.64 Å². The average Bonchev–Trinajstić information content (AvgIpc) is 2.53. The molecule has 2 aromatic rings. The predicted molar refractivity (Wildman–Crippen MR) is 81.0 cm³/mol. The van der Waals surface area contributed by atoms with Crippen LogP contribution in [0.3, 0.4) is 0 Å². The molecule has 0 spiro atoms. The van der Waals surface area contributed by atoms with Crippen molar-refractivity contribution < 1.29 is 9.53 Å². The van der Waals surface area contributed by atoms with E-state index in [-0.39, 0.29) is 5.97 Å². The molecule has 0 bridgehead atoms. The maximum absolute atomic E-state index is 11.2. The Hall–Kier alpha value is -2.61. The van der Waals surface area contributed by atoms with E-state index in [4.69, 9.17) is 0 Å². The summed E-state index contributed by atoms with van der Waals surface area (Å²) in [5.74, 6) is -0.219. The van der Waals surface area contributed by atoms with Crippen molar-refractivity contribution in [1.82, 2.24) is 4.98 Å². The minimum absolute atomic E-state index is 0.219. The fourth-order valence-electron chi connectivity index (χ4n) is 2.29. The lowest BCUT2D eigenvalue weighted by molar-refractivity contribution is -0.140. The van der Waals surface area contributed by atoms with E-state index in [9.17, 15) is 10.1 Å². The molecule has 0 amide bonds. The van der Waals surface area contributed by atoms with Crippen LogP contribution in [-0.4, -0.2) is 31.7 Å². The number of carbonyl (C=O) groups excluding carboxylic acids is 1. The predicted octanol–water partition coefficient (Wildman–Crippen LogP) is 2.50. The Labute approximate surface area is 123 Å². The highest BCUT2D eigenvalue weighted by Gasteiger charge is 2.13. The van der Waals surface area contributed by atoms with Crippen molar-refractivity contribution in [2.45, 2.75) is 12.8 Å². The van der Waals surface area contributed by atoms with E-state index in [1.807, 2.05) is 36.2 Å². The van der Waals surface area contributed by atoms with Gasteiger partial charge in [-0.1, -0.05) is 18.2 Å². The standard InChI is InChI=1S/C16H17N3O2/c1-19(9-5-8-15(20)21-2)16-12(10-17)11-18-14-7-4-3-6-13(14)16/h3-4,6-7,11H,5,8-9H2,1-2H3. The first-order valence-corrected chi connectivity index (χ1v) is 6.73. The molecule has 0 radical (unpaired) electrons. The number of hydrogen-bond acceptors (Lipinski definition) is 5. The number of nitrogens with zero attached hydrogens (tertiary/aromatic N) is 3. The van der Waals surface area contributed by atoms with Gasteiger partial charge in [0.05, 0.1) is 23.9 Å². The summed E-state index contributed by atoms with van der Waals surface area (Å²) >= 11 is 0. The first-order valence-electron chi connectivity index (χ1n) is 6.73. The maximum atomic E-state index is 11.2. The normalized spacial score (nSPS) is 10.1. The zero-order valence-corrected chi connectivity index (χ0v) is 12.2. The molecule has 0 aliphatic carbocycles. The number of fused-ring (bicyclic) bond motifs is 1. The van der Waals surface area contributed by atoms with Crippen LogP contribution < -0.4 is 4.90 Å². The average molecular weight is 283 g/mol. The van der Waals surface area contributed by atoms with Gasteiger partial charge in [0.15, 0.2) is 0 Å². The highest BCUT2D eigenvalue weighted by molar-refractivity contribution is 5.94. The van der Waals surface area contributed by atoms with Crippen molar-refractivity contribution in [2.24, 2.45) is 0 Å². The van der Waals surface area contributed by atoms with E-state index in [1.54, 1.807) is 6.20 Å². The van der Waals surface area contributed by atoms with Gasteiger partial charge >= 0.3 is 5.97 Å². The molecule has 0 saturated carbocycles. The van der Waals surface area contributed by atoms with E-state index in [1.165, 1.54) is 7.11 Å². The number of hydrogen-bond donors (Lipinski definition) is 0. The fraction of sp³-hybridized carbons (Fsp3) is 0.312. The Bertz CT molecular complexity index is 691. The van der Waals surface area contributed by atoms with Crippen LogP contribution >= 0.6 is 0 Å². The number of methoxy groups -OCH3 is 1. The molecule has 0 N–H and O–H groups in total. The molecule has 1 heterocycles. The number of esters is 1. The van der Waals surface area contributed by atoms with Crippen LogP contribution in [0.5, 0.6) is 0 Å². The van der Waals surface area contributed by atoms with E-state index in [0.29, 0.717) is 24.9 Å². The summed E-state index contributed by atoms with van der Waals surface area (Å²) in [5.41, 5.74) is 2.24. The van der Waals surface area contributed by atoms with Gasteiger partial charge in [-0.2, -0.15) is 5.26 Å². The zero-order valence-electron chi connectivity index (χ0n) is 12.2. The Balaban J connectivity index is 2.27. The van der Waals surface area contributed by atoms with Gasteiger partial charge in [0.2, 0.25) is 0 Å². The third-order valence-electron chi connectivity index (χ3n) is 3.35. The van der Waals surface area contributed by atoms with E-state index < -0.39 is 0 Å². The summed E-state index contributed by atoms with van der Waals surface area (Å²) in [7, 11) is 3.30. The zero-order chi connectivity index (χ0) is 15.2. The van der Waals surface area contributed by atoms with Crippen LogP contribution in [0.4, 0.5) is 5.69 Å². The molecule has 0 saturated heterocycles.